The van der Waals surface area contributed by atoms with Crippen molar-refractivity contribution in [3.8, 4) is 0 Å². The lowest BCUT2D eigenvalue weighted by Gasteiger charge is -2.24. The van der Waals surface area contributed by atoms with E-state index in [1.807, 2.05) is 36.2 Å². The molecular weight excluding hydrogens is 296 g/mol. The van der Waals surface area contributed by atoms with Gasteiger partial charge in [0.25, 0.3) is 0 Å². The molecule has 2 aliphatic heterocycles. The van der Waals surface area contributed by atoms with E-state index in [9.17, 15) is 0 Å². The molecule has 1 unspecified atom stereocenters. The maximum atomic E-state index is 4.65. The van der Waals surface area contributed by atoms with E-state index >= 15 is 0 Å². The van der Waals surface area contributed by atoms with E-state index in [-0.39, 0.29) is 5.54 Å². The minimum absolute atomic E-state index is 0.370. The summed E-state index contributed by atoms with van der Waals surface area (Å²) in [6.45, 7) is 0.902. The van der Waals surface area contributed by atoms with Crippen LogP contribution >= 0.6 is 27.7 Å². The Hall–Kier alpha value is -0.870. The number of hydrogen-bond acceptors (Lipinski definition) is 3. The Morgan fingerprint density at radius 3 is 2.94 bits per heavy atom. The molecule has 3 rings (SSSR count). The zero-order valence-electron chi connectivity index (χ0n) is 9.14. The van der Waals surface area contributed by atoms with Crippen molar-refractivity contribution in [1.82, 2.24) is 0 Å². The largest absolute Gasteiger partial charge is 0.279 e. The van der Waals surface area contributed by atoms with Crippen LogP contribution in [0, 0.1) is 0 Å². The van der Waals surface area contributed by atoms with Gasteiger partial charge in [-0.3, -0.25) is 9.98 Å². The summed E-state index contributed by atoms with van der Waals surface area (Å²) in [5.41, 5.74) is 0.801. The molecule has 86 valence electrons. The molecule has 0 aromatic heterocycles. The van der Waals surface area contributed by atoms with E-state index in [1.165, 1.54) is 5.56 Å². The molecule has 2 aliphatic rings. The minimum Gasteiger partial charge on any atom is -0.279 e. The van der Waals surface area contributed by atoms with Crippen molar-refractivity contribution >= 4 is 39.0 Å². The normalized spacial score (nSPS) is 26.5. The van der Waals surface area contributed by atoms with Gasteiger partial charge in [0.1, 0.15) is 5.04 Å². The molecular formula is C13H11BrN2S. The number of nitrogens with zero attached hydrogens (tertiary/aromatic N) is 2. The van der Waals surface area contributed by atoms with Crippen LogP contribution in [-0.4, -0.2) is 23.6 Å². The van der Waals surface area contributed by atoms with Crippen LogP contribution < -0.4 is 0 Å². The molecule has 0 bridgehead atoms. The Morgan fingerprint density at radius 2 is 2.29 bits per heavy atom. The average molecular weight is 307 g/mol. The topological polar surface area (TPSA) is 24.7 Å². The Kier molecular flexibility index (Phi) is 2.92. The molecule has 1 aromatic carbocycles. The molecule has 2 heterocycles. The molecule has 4 heteroatoms. The minimum atomic E-state index is -0.370. The lowest BCUT2D eigenvalue weighted by molar-refractivity contribution is 0.791. The van der Waals surface area contributed by atoms with Gasteiger partial charge in [-0.15, -0.1) is 11.8 Å². The standard InChI is InChI=1S/C13H11BrN2S/c14-11-4-1-3-10(9-11)13(5-2-6-16-13)12-15-7-8-17-12/h1-6,9H,7-8H2. The second kappa shape index (κ2) is 4.42. The number of rotatable bonds is 2. The summed E-state index contributed by atoms with van der Waals surface area (Å²) in [6, 6.07) is 8.31. The van der Waals surface area contributed by atoms with Crippen LogP contribution in [-0.2, 0) is 5.54 Å². The monoisotopic (exact) mass is 306 g/mol. The molecule has 17 heavy (non-hydrogen) atoms. The van der Waals surface area contributed by atoms with E-state index in [2.05, 4.69) is 44.1 Å². The van der Waals surface area contributed by atoms with Crippen LogP contribution in [0.2, 0.25) is 0 Å². The van der Waals surface area contributed by atoms with Crippen molar-refractivity contribution in [2.75, 3.05) is 12.3 Å². The predicted octanol–water partition coefficient (Wildman–Crippen LogP) is 3.43. The van der Waals surface area contributed by atoms with E-state index in [0.29, 0.717) is 0 Å². The fourth-order valence-corrected chi connectivity index (χ4v) is 3.51. The Balaban J connectivity index is 2.12. The molecule has 0 spiro atoms. The van der Waals surface area contributed by atoms with Crippen molar-refractivity contribution in [1.29, 1.82) is 0 Å². The molecule has 0 saturated carbocycles. The molecule has 0 fully saturated rings. The maximum absolute atomic E-state index is 4.65. The third-order valence-corrected chi connectivity index (χ3v) is 4.47. The summed E-state index contributed by atoms with van der Waals surface area (Å²) >= 11 is 5.33. The van der Waals surface area contributed by atoms with Gasteiger partial charge in [-0.25, -0.2) is 0 Å². The third kappa shape index (κ3) is 1.89. The van der Waals surface area contributed by atoms with E-state index in [1.54, 1.807) is 0 Å². The van der Waals surface area contributed by atoms with Crippen molar-refractivity contribution in [3.05, 3.63) is 46.5 Å². The molecule has 1 atom stereocenters. The quantitative estimate of drug-likeness (QED) is 0.821. The van der Waals surface area contributed by atoms with Crippen molar-refractivity contribution in [2.45, 2.75) is 5.54 Å². The fraction of sp³-hybridized carbons (Fsp3) is 0.231. The predicted molar refractivity (Wildman–Crippen MR) is 78.2 cm³/mol. The average Bonchev–Trinajstić information content (AvgIpc) is 3.01. The second-order valence-corrected chi connectivity index (χ2v) is 5.95. The highest BCUT2D eigenvalue weighted by atomic mass is 79.9. The number of allylic oxidation sites excluding steroid dienone is 1. The molecule has 0 amide bonds. The van der Waals surface area contributed by atoms with Crippen LogP contribution in [0.1, 0.15) is 5.56 Å². The summed E-state index contributed by atoms with van der Waals surface area (Å²) in [5, 5.41) is 1.11. The van der Waals surface area contributed by atoms with Crippen LogP contribution in [0.4, 0.5) is 0 Å². The molecule has 0 aliphatic carbocycles. The molecule has 1 aromatic rings. The Labute approximate surface area is 113 Å². The number of benzene rings is 1. The first-order valence-corrected chi connectivity index (χ1v) is 7.26. The van der Waals surface area contributed by atoms with Crippen molar-refractivity contribution < 1.29 is 0 Å². The highest BCUT2D eigenvalue weighted by molar-refractivity contribution is 9.10. The highest BCUT2D eigenvalue weighted by Gasteiger charge is 2.37. The molecule has 0 N–H and O–H groups in total. The Bertz CT molecular complexity index is 522. The van der Waals surface area contributed by atoms with Gasteiger partial charge < -0.3 is 0 Å². The van der Waals surface area contributed by atoms with E-state index < -0.39 is 0 Å². The van der Waals surface area contributed by atoms with Gasteiger partial charge in [0, 0.05) is 23.0 Å². The van der Waals surface area contributed by atoms with Gasteiger partial charge in [0.15, 0.2) is 5.54 Å². The van der Waals surface area contributed by atoms with Gasteiger partial charge >= 0.3 is 0 Å². The van der Waals surface area contributed by atoms with Crippen LogP contribution in [0.5, 0.6) is 0 Å². The van der Waals surface area contributed by atoms with Gasteiger partial charge in [-0.1, -0.05) is 28.1 Å². The van der Waals surface area contributed by atoms with Crippen LogP contribution in [0.25, 0.3) is 0 Å². The van der Waals surface area contributed by atoms with Crippen molar-refractivity contribution in [3.63, 3.8) is 0 Å². The summed E-state index contributed by atoms with van der Waals surface area (Å²) < 4.78 is 1.08. The number of halogens is 1. The number of aliphatic imine (C=N–C) groups is 2. The molecule has 0 radical (unpaired) electrons. The summed E-state index contributed by atoms with van der Waals surface area (Å²) in [4.78, 5) is 9.25. The third-order valence-electron chi connectivity index (χ3n) is 2.88. The van der Waals surface area contributed by atoms with Crippen molar-refractivity contribution in [2.24, 2.45) is 9.98 Å². The van der Waals surface area contributed by atoms with E-state index in [0.717, 1.165) is 21.8 Å². The van der Waals surface area contributed by atoms with Gasteiger partial charge in [0.05, 0.1) is 0 Å². The first-order valence-electron chi connectivity index (χ1n) is 5.48. The lowest BCUT2D eigenvalue weighted by Crippen LogP contribution is -2.27. The second-order valence-electron chi connectivity index (χ2n) is 3.95. The summed E-state index contributed by atoms with van der Waals surface area (Å²) in [6.07, 6.45) is 6.00. The van der Waals surface area contributed by atoms with Crippen LogP contribution in [0.3, 0.4) is 0 Å². The zero-order chi connectivity index (χ0) is 11.7. The van der Waals surface area contributed by atoms with Gasteiger partial charge in [0.2, 0.25) is 0 Å². The van der Waals surface area contributed by atoms with E-state index in [4.69, 9.17) is 0 Å². The summed E-state index contributed by atoms with van der Waals surface area (Å²) in [5.74, 6) is 1.06. The highest BCUT2D eigenvalue weighted by Crippen LogP contribution is 2.38. The fourth-order valence-electron chi connectivity index (χ4n) is 2.10. The molecule has 2 nitrogen and oxygen atoms in total. The lowest BCUT2D eigenvalue weighted by atomic mass is 9.92. The maximum Gasteiger partial charge on any atom is 0.151 e. The zero-order valence-corrected chi connectivity index (χ0v) is 11.5. The number of thioether (sulfide) groups is 1. The molecule has 0 saturated heterocycles. The van der Waals surface area contributed by atoms with Gasteiger partial charge in [-0.2, -0.15) is 0 Å². The SMILES string of the molecule is Brc1cccc(C2(C3=NCCS3)C=CC=N2)c1. The van der Waals surface area contributed by atoms with Gasteiger partial charge in [-0.05, 0) is 29.8 Å². The first-order chi connectivity index (χ1) is 8.31. The number of hydrogen-bond donors (Lipinski definition) is 0. The summed E-state index contributed by atoms with van der Waals surface area (Å²) in [7, 11) is 0. The smallest absolute Gasteiger partial charge is 0.151 e. The first kappa shape index (κ1) is 11.2. The Morgan fingerprint density at radius 1 is 1.35 bits per heavy atom. The van der Waals surface area contributed by atoms with Crippen LogP contribution in [0.15, 0.2) is 50.9 Å².